The van der Waals surface area contributed by atoms with Gasteiger partial charge in [-0.3, -0.25) is 4.79 Å². The molecule has 2 aliphatic carbocycles. The van der Waals surface area contributed by atoms with Crippen molar-refractivity contribution in [2.24, 2.45) is 5.92 Å². The molecule has 2 saturated carbocycles. The summed E-state index contributed by atoms with van der Waals surface area (Å²) in [6, 6.07) is 6.24. The number of aliphatic carboxylic acids is 1. The number of benzene rings is 1. The van der Waals surface area contributed by atoms with E-state index in [9.17, 15) is 18.3 Å². The normalized spacial score (nSPS) is 20.2. The molecule has 0 spiro atoms. The molecule has 1 aromatic rings. The Hall–Kier alpha value is -1.40. The number of sulfonamides is 1. The first-order valence-electron chi connectivity index (χ1n) is 7.28. The van der Waals surface area contributed by atoms with E-state index in [-0.39, 0.29) is 4.90 Å². The molecule has 0 amide bonds. The fraction of sp³-hybridized carbons (Fsp3) is 0.533. The topological polar surface area (TPSA) is 83.5 Å². The summed E-state index contributed by atoms with van der Waals surface area (Å²) < 4.78 is 26.8. The van der Waals surface area contributed by atoms with Crippen LogP contribution in [-0.4, -0.2) is 26.0 Å². The van der Waals surface area contributed by atoms with Crippen molar-refractivity contribution in [3.8, 4) is 0 Å². The highest BCUT2D eigenvalue weighted by Crippen LogP contribution is 2.48. The summed E-state index contributed by atoms with van der Waals surface area (Å²) in [7, 11) is -3.49. The summed E-state index contributed by atoms with van der Waals surface area (Å²) in [5, 5.41) is 9.23. The molecule has 1 aromatic carbocycles. The van der Waals surface area contributed by atoms with Gasteiger partial charge in [0.2, 0.25) is 10.0 Å². The molecule has 0 unspecified atom stereocenters. The summed E-state index contributed by atoms with van der Waals surface area (Å²) in [5.41, 5.74) is -0.103. The van der Waals surface area contributed by atoms with Gasteiger partial charge in [0.1, 0.15) is 0 Å². The van der Waals surface area contributed by atoms with E-state index in [0.717, 1.165) is 6.42 Å². The number of carbonyl (C=O) groups is 1. The first-order valence-corrected chi connectivity index (χ1v) is 8.76. The van der Waals surface area contributed by atoms with Crippen LogP contribution in [0.5, 0.6) is 0 Å². The predicted molar refractivity (Wildman–Crippen MR) is 77.5 cm³/mol. The van der Waals surface area contributed by atoms with Crippen LogP contribution in [0.3, 0.4) is 0 Å². The van der Waals surface area contributed by atoms with Crippen LogP contribution in [0.1, 0.15) is 37.7 Å². The Balaban J connectivity index is 1.69. The Morgan fingerprint density at radius 2 is 1.86 bits per heavy atom. The van der Waals surface area contributed by atoms with Gasteiger partial charge in [-0.25, -0.2) is 13.1 Å². The Labute approximate surface area is 124 Å². The summed E-state index contributed by atoms with van der Waals surface area (Å²) in [5.74, 6) is -0.152. The molecule has 0 bridgehead atoms. The van der Waals surface area contributed by atoms with Gasteiger partial charge in [0.05, 0.1) is 10.3 Å². The van der Waals surface area contributed by atoms with Crippen molar-refractivity contribution in [2.75, 3.05) is 6.54 Å². The highest BCUT2D eigenvalue weighted by molar-refractivity contribution is 7.89. The maximum atomic E-state index is 12.1. The molecule has 0 saturated heterocycles. The third-order valence-electron chi connectivity index (χ3n) is 4.42. The molecule has 0 aliphatic heterocycles. The minimum atomic E-state index is -3.49. The second-order valence-electron chi connectivity index (χ2n) is 6.04. The number of carboxylic acid groups (broad SMARTS) is 1. The van der Waals surface area contributed by atoms with E-state index in [2.05, 4.69) is 4.72 Å². The molecule has 2 N–H and O–H groups in total. The lowest BCUT2D eigenvalue weighted by atomic mass is 9.96. The maximum absolute atomic E-state index is 12.1. The zero-order chi connectivity index (χ0) is 15.1. The second-order valence-corrected chi connectivity index (χ2v) is 7.81. The molecule has 2 fully saturated rings. The fourth-order valence-electron chi connectivity index (χ4n) is 2.59. The first kappa shape index (κ1) is 14.5. The Kier molecular flexibility index (Phi) is 3.53. The number of rotatable bonds is 7. The van der Waals surface area contributed by atoms with Crippen LogP contribution < -0.4 is 4.72 Å². The molecule has 114 valence electrons. The molecule has 6 heteroatoms. The molecule has 0 radical (unpaired) electrons. The van der Waals surface area contributed by atoms with Crippen LogP contribution in [0.25, 0.3) is 0 Å². The van der Waals surface area contributed by atoms with Gasteiger partial charge in [-0.2, -0.15) is 0 Å². The Bertz CT molecular complexity index is 643. The molecule has 0 heterocycles. The van der Waals surface area contributed by atoms with E-state index >= 15 is 0 Å². The zero-order valence-electron chi connectivity index (χ0n) is 11.7. The lowest BCUT2D eigenvalue weighted by molar-refractivity contribution is -0.140. The van der Waals surface area contributed by atoms with Crippen LogP contribution in [0.2, 0.25) is 0 Å². The van der Waals surface area contributed by atoms with E-state index in [0.29, 0.717) is 30.9 Å². The smallest absolute Gasteiger partial charge is 0.314 e. The van der Waals surface area contributed by atoms with Crippen LogP contribution in [0, 0.1) is 5.92 Å². The van der Waals surface area contributed by atoms with Gasteiger partial charge >= 0.3 is 5.97 Å². The zero-order valence-corrected chi connectivity index (χ0v) is 12.5. The highest BCUT2D eigenvalue weighted by Gasteiger charge is 2.51. The predicted octanol–water partition coefficient (Wildman–Crippen LogP) is 1.88. The SMILES string of the molecule is O=C(O)C1(c2ccc(S(=O)(=O)NCCC3CC3)cc2)CC1. The van der Waals surface area contributed by atoms with Gasteiger partial charge in [-0.1, -0.05) is 25.0 Å². The molecule has 3 rings (SSSR count). The van der Waals surface area contributed by atoms with E-state index in [1.165, 1.54) is 25.0 Å². The van der Waals surface area contributed by atoms with E-state index in [4.69, 9.17) is 0 Å². The Morgan fingerprint density at radius 3 is 2.33 bits per heavy atom. The minimum Gasteiger partial charge on any atom is -0.481 e. The summed E-state index contributed by atoms with van der Waals surface area (Å²) in [4.78, 5) is 11.4. The Morgan fingerprint density at radius 1 is 1.24 bits per heavy atom. The number of hydrogen-bond donors (Lipinski definition) is 2. The largest absolute Gasteiger partial charge is 0.481 e. The molecule has 21 heavy (non-hydrogen) atoms. The third-order valence-corrected chi connectivity index (χ3v) is 5.90. The third kappa shape index (κ3) is 2.96. The molecule has 2 aliphatic rings. The van der Waals surface area contributed by atoms with Gasteiger partial charge in [0, 0.05) is 6.54 Å². The highest BCUT2D eigenvalue weighted by atomic mass is 32.2. The second kappa shape index (κ2) is 5.10. The van der Waals surface area contributed by atoms with Gasteiger partial charge in [-0.15, -0.1) is 0 Å². The van der Waals surface area contributed by atoms with Crippen LogP contribution in [-0.2, 0) is 20.2 Å². The van der Waals surface area contributed by atoms with E-state index in [1.807, 2.05) is 0 Å². The fourth-order valence-corrected chi connectivity index (χ4v) is 3.64. The van der Waals surface area contributed by atoms with Crippen LogP contribution in [0.4, 0.5) is 0 Å². The van der Waals surface area contributed by atoms with Crippen molar-refractivity contribution in [3.05, 3.63) is 29.8 Å². The molecule has 5 nitrogen and oxygen atoms in total. The standard InChI is InChI=1S/C15H19NO4S/c17-14(18)15(8-9-15)12-3-5-13(6-4-12)21(19,20)16-10-7-11-1-2-11/h3-6,11,16H,1-2,7-10H2,(H,17,18). The lowest BCUT2D eigenvalue weighted by Crippen LogP contribution is -2.25. The molecular formula is C15H19NO4S. The van der Waals surface area contributed by atoms with Crippen molar-refractivity contribution in [3.63, 3.8) is 0 Å². The molecule has 0 atom stereocenters. The summed E-state index contributed by atoms with van der Waals surface area (Å²) in [6.45, 7) is 0.466. The molecule has 0 aromatic heterocycles. The lowest BCUT2D eigenvalue weighted by Gasteiger charge is -2.11. The van der Waals surface area contributed by atoms with Gasteiger partial charge < -0.3 is 5.11 Å². The van der Waals surface area contributed by atoms with E-state index in [1.54, 1.807) is 12.1 Å². The van der Waals surface area contributed by atoms with Crippen molar-refractivity contribution in [1.29, 1.82) is 0 Å². The minimum absolute atomic E-state index is 0.197. The monoisotopic (exact) mass is 309 g/mol. The number of hydrogen-bond acceptors (Lipinski definition) is 3. The quantitative estimate of drug-likeness (QED) is 0.805. The average molecular weight is 309 g/mol. The van der Waals surface area contributed by atoms with Crippen LogP contribution >= 0.6 is 0 Å². The van der Waals surface area contributed by atoms with Gasteiger partial charge in [-0.05, 0) is 42.9 Å². The summed E-state index contributed by atoms with van der Waals surface area (Å²) in [6.07, 6.45) is 4.53. The van der Waals surface area contributed by atoms with Gasteiger partial charge in [0.15, 0.2) is 0 Å². The number of nitrogens with one attached hydrogen (secondary N) is 1. The van der Waals surface area contributed by atoms with E-state index < -0.39 is 21.4 Å². The molecular weight excluding hydrogens is 290 g/mol. The van der Waals surface area contributed by atoms with Crippen molar-refractivity contribution in [1.82, 2.24) is 4.72 Å². The summed E-state index contributed by atoms with van der Waals surface area (Å²) >= 11 is 0. The average Bonchev–Trinajstić information content (AvgIpc) is 3.33. The first-order chi connectivity index (χ1) is 9.94. The van der Waals surface area contributed by atoms with Crippen LogP contribution in [0.15, 0.2) is 29.2 Å². The van der Waals surface area contributed by atoms with Gasteiger partial charge in [0.25, 0.3) is 0 Å². The van der Waals surface area contributed by atoms with Crippen molar-refractivity contribution in [2.45, 2.75) is 42.4 Å². The van der Waals surface area contributed by atoms with Crippen molar-refractivity contribution < 1.29 is 18.3 Å². The maximum Gasteiger partial charge on any atom is 0.314 e. The number of carboxylic acids is 1. The van der Waals surface area contributed by atoms with Crippen molar-refractivity contribution >= 4 is 16.0 Å².